The minimum absolute atomic E-state index is 0.0560. The van der Waals surface area contributed by atoms with E-state index >= 15 is 0 Å². The van der Waals surface area contributed by atoms with Gasteiger partial charge in [-0.2, -0.15) is 0 Å². The van der Waals surface area contributed by atoms with E-state index in [1.54, 1.807) is 24.3 Å². The summed E-state index contributed by atoms with van der Waals surface area (Å²) in [5, 5.41) is 0. The zero-order valence-corrected chi connectivity index (χ0v) is 14.9. The van der Waals surface area contributed by atoms with Gasteiger partial charge in [0.25, 0.3) is 0 Å². The maximum absolute atomic E-state index is 12.3. The SMILES string of the molecule is CN1C(=O)N(c2ccc(Br)cc2)C(=O)C1=NC(Br)=CBr. The zero-order chi connectivity index (χ0) is 14.9. The monoisotopic (exact) mass is 463 g/mol. The molecular weight excluding hydrogens is 458 g/mol. The smallest absolute Gasteiger partial charge is 0.276 e. The van der Waals surface area contributed by atoms with Crippen molar-refractivity contribution in [3.8, 4) is 0 Å². The van der Waals surface area contributed by atoms with Crippen LogP contribution >= 0.6 is 47.8 Å². The van der Waals surface area contributed by atoms with Gasteiger partial charge in [-0.1, -0.05) is 31.9 Å². The number of carbonyl (C=O) groups excluding carboxylic acids is 2. The number of hydrogen-bond donors (Lipinski definition) is 0. The van der Waals surface area contributed by atoms with E-state index in [1.807, 2.05) is 0 Å². The van der Waals surface area contributed by atoms with E-state index in [2.05, 4.69) is 52.8 Å². The normalized spacial score (nSPS) is 18.4. The Bertz CT molecular complexity index is 625. The Labute approximate surface area is 140 Å². The Morgan fingerprint density at radius 3 is 2.40 bits per heavy atom. The van der Waals surface area contributed by atoms with Gasteiger partial charge in [0, 0.05) is 16.5 Å². The topological polar surface area (TPSA) is 53.0 Å². The Kier molecular flexibility index (Phi) is 4.77. The van der Waals surface area contributed by atoms with Crippen LogP contribution in [0, 0.1) is 0 Å². The summed E-state index contributed by atoms with van der Waals surface area (Å²) in [6.45, 7) is 0. The van der Waals surface area contributed by atoms with Crippen molar-refractivity contribution in [1.82, 2.24) is 4.90 Å². The molecule has 1 aromatic rings. The molecule has 0 aromatic heterocycles. The Balaban J connectivity index is 2.42. The number of anilines is 1. The van der Waals surface area contributed by atoms with Crippen molar-refractivity contribution in [2.45, 2.75) is 0 Å². The van der Waals surface area contributed by atoms with Crippen molar-refractivity contribution in [3.05, 3.63) is 38.3 Å². The molecule has 1 aromatic carbocycles. The van der Waals surface area contributed by atoms with Gasteiger partial charge in [0.1, 0.15) is 4.61 Å². The van der Waals surface area contributed by atoms with E-state index in [9.17, 15) is 9.59 Å². The lowest BCUT2D eigenvalue weighted by Crippen LogP contribution is -2.31. The number of aliphatic imine (C=N–C) groups is 1. The van der Waals surface area contributed by atoms with Gasteiger partial charge in [-0.05, 0) is 40.2 Å². The lowest BCUT2D eigenvalue weighted by molar-refractivity contribution is -0.111. The van der Waals surface area contributed by atoms with Crippen molar-refractivity contribution in [3.63, 3.8) is 0 Å². The van der Waals surface area contributed by atoms with Gasteiger partial charge >= 0.3 is 11.9 Å². The van der Waals surface area contributed by atoms with Crippen molar-refractivity contribution in [2.24, 2.45) is 4.99 Å². The van der Waals surface area contributed by atoms with Gasteiger partial charge in [-0.25, -0.2) is 14.7 Å². The maximum Gasteiger partial charge on any atom is 0.337 e. The number of amidine groups is 1. The minimum atomic E-state index is -0.467. The van der Waals surface area contributed by atoms with Crippen LogP contribution in [0.15, 0.2) is 43.3 Å². The highest BCUT2D eigenvalue weighted by Crippen LogP contribution is 2.24. The number of amides is 3. The Morgan fingerprint density at radius 2 is 1.85 bits per heavy atom. The molecule has 0 aliphatic carbocycles. The zero-order valence-electron chi connectivity index (χ0n) is 10.2. The number of likely N-dealkylation sites (N-methyl/N-ethyl adjacent to an activating group) is 1. The third-order valence-electron chi connectivity index (χ3n) is 2.58. The van der Waals surface area contributed by atoms with Crippen molar-refractivity contribution < 1.29 is 9.59 Å². The van der Waals surface area contributed by atoms with E-state index in [0.29, 0.717) is 10.3 Å². The molecule has 1 fully saturated rings. The second-order valence-electron chi connectivity index (χ2n) is 3.83. The minimum Gasteiger partial charge on any atom is -0.276 e. The van der Waals surface area contributed by atoms with Crippen LogP contribution in [-0.2, 0) is 4.79 Å². The summed E-state index contributed by atoms with van der Waals surface area (Å²) in [7, 11) is 1.51. The summed E-state index contributed by atoms with van der Waals surface area (Å²) in [6, 6.07) is 6.46. The van der Waals surface area contributed by atoms with Gasteiger partial charge in [-0.15, -0.1) is 0 Å². The molecule has 20 heavy (non-hydrogen) atoms. The number of rotatable bonds is 2. The summed E-state index contributed by atoms with van der Waals surface area (Å²) >= 11 is 9.56. The first-order chi connectivity index (χ1) is 9.45. The average Bonchev–Trinajstić information content (AvgIpc) is 2.64. The largest absolute Gasteiger partial charge is 0.337 e. The molecule has 5 nitrogen and oxygen atoms in total. The fourth-order valence-electron chi connectivity index (χ4n) is 1.64. The number of halogens is 3. The molecule has 2 rings (SSSR count). The quantitative estimate of drug-likeness (QED) is 0.492. The molecule has 0 atom stereocenters. The highest BCUT2D eigenvalue weighted by molar-refractivity contribution is 9.14. The Morgan fingerprint density at radius 1 is 1.25 bits per heavy atom. The molecule has 1 aliphatic heterocycles. The predicted molar refractivity (Wildman–Crippen MR) is 88.2 cm³/mol. The number of urea groups is 1. The van der Waals surface area contributed by atoms with Gasteiger partial charge in [-0.3, -0.25) is 9.69 Å². The van der Waals surface area contributed by atoms with Gasteiger partial charge in [0.15, 0.2) is 0 Å². The molecule has 1 heterocycles. The van der Waals surface area contributed by atoms with Gasteiger partial charge in [0.05, 0.1) is 5.69 Å². The molecule has 0 unspecified atom stereocenters. The van der Waals surface area contributed by atoms with Crippen molar-refractivity contribution in [1.29, 1.82) is 0 Å². The molecule has 104 valence electrons. The summed E-state index contributed by atoms with van der Waals surface area (Å²) in [4.78, 5) is 32.3. The highest BCUT2D eigenvalue weighted by atomic mass is 79.9. The van der Waals surface area contributed by atoms with E-state index in [4.69, 9.17) is 0 Å². The molecule has 0 spiro atoms. The second-order valence-corrected chi connectivity index (χ2v) is 6.01. The third kappa shape index (κ3) is 2.87. The molecular formula is C12H8Br3N3O2. The molecule has 3 amide bonds. The fraction of sp³-hybridized carbons (Fsp3) is 0.0833. The van der Waals surface area contributed by atoms with E-state index in [1.165, 1.54) is 16.9 Å². The van der Waals surface area contributed by atoms with Crippen molar-refractivity contribution in [2.75, 3.05) is 11.9 Å². The lowest BCUT2D eigenvalue weighted by Gasteiger charge is -2.12. The van der Waals surface area contributed by atoms with Crippen LogP contribution in [0.5, 0.6) is 0 Å². The number of hydrogen-bond acceptors (Lipinski definition) is 3. The average molecular weight is 466 g/mol. The number of benzene rings is 1. The van der Waals surface area contributed by atoms with Crippen LogP contribution in [0.25, 0.3) is 0 Å². The van der Waals surface area contributed by atoms with E-state index in [-0.39, 0.29) is 5.84 Å². The first-order valence-electron chi connectivity index (χ1n) is 5.38. The highest BCUT2D eigenvalue weighted by Gasteiger charge is 2.41. The molecule has 0 N–H and O–H groups in total. The number of nitrogens with zero attached hydrogens (tertiary/aromatic N) is 3. The van der Waals surface area contributed by atoms with Crippen molar-refractivity contribution >= 4 is 71.3 Å². The van der Waals surface area contributed by atoms with Gasteiger partial charge < -0.3 is 0 Å². The van der Waals surface area contributed by atoms with Crippen LogP contribution in [0.4, 0.5) is 10.5 Å². The molecule has 1 aliphatic rings. The van der Waals surface area contributed by atoms with Crippen LogP contribution in [0.2, 0.25) is 0 Å². The summed E-state index contributed by atoms with van der Waals surface area (Å²) in [6.07, 6.45) is 0. The van der Waals surface area contributed by atoms with E-state index in [0.717, 1.165) is 9.37 Å². The molecule has 0 saturated carbocycles. The van der Waals surface area contributed by atoms with Crippen LogP contribution in [0.3, 0.4) is 0 Å². The first-order valence-corrected chi connectivity index (χ1v) is 7.88. The Hall–Kier alpha value is -0.990. The molecule has 8 heteroatoms. The lowest BCUT2D eigenvalue weighted by atomic mass is 10.3. The van der Waals surface area contributed by atoms with Crippen LogP contribution in [-0.4, -0.2) is 29.7 Å². The summed E-state index contributed by atoms with van der Waals surface area (Å²) in [5.41, 5.74) is 0.499. The maximum atomic E-state index is 12.3. The number of imide groups is 1. The fourth-order valence-corrected chi connectivity index (χ4v) is 2.17. The number of carbonyl (C=O) groups is 2. The predicted octanol–water partition coefficient (Wildman–Crippen LogP) is 3.83. The third-order valence-corrected chi connectivity index (χ3v) is 4.56. The van der Waals surface area contributed by atoms with Crippen LogP contribution in [0.1, 0.15) is 0 Å². The molecule has 1 saturated heterocycles. The van der Waals surface area contributed by atoms with Gasteiger partial charge in [0.2, 0.25) is 5.84 Å². The van der Waals surface area contributed by atoms with Crippen LogP contribution < -0.4 is 4.90 Å². The standard InChI is InChI=1S/C12H8Br3N3O2/c1-17-10(16-9(15)6-13)11(19)18(12(17)20)8-4-2-7(14)3-5-8/h2-6H,1H3. The summed E-state index contributed by atoms with van der Waals surface area (Å²) in [5.74, 6) is -0.411. The molecule has 0 bridgehead atoms. The second kappa shape index (κ2) is 6.19. The van der Waals surface area contributed by atoms with E-state index < -0.39 is 11.9 Å². The molecule has 0 radical (unpaired) electrons. The summed E-state index contributed by atoms with van der Waals surface area (Å²) < 4.78 is 1.28. The first kappa shape index (κ1) is 15.4.